The molecule has 142 heavy (non-hydrogen) atoms. The summed E-state index contributed by atoms with van der Waals surface area (Å²) in [5.41, 5.74) is 34.7. The number of anilines is 5. The minimum Gasteiger partial charge on any atom is -0.512 e. The Bertz CT molecular complexity index is 7590. The number of para-hydroxylation sites is 2. The fourth-order valence-electron chi connectivity index (χ4n) is 19.1. The Morgan fingerprint density at radius 1 is 0.401 bits per heavy atom. The van der Waals surface area contributed by atoms with E-state index in [1.165, 1.54) is 129 Å². The van der Waals surface area contributed by atoms with E-state index in [1.54, 1.807) is 6.20 Å². The summed E-state index contributed by atoms with van der Waals surface area (Å²) in [6.07, 6.45) is 16.7. The van der Waals surface area contributed by atoms with Crippen LogP contribution in [0.25, 0.3) is 123 Å². The van der Waals surface area contributed by atoms with Gasteiger partial charge in [0.05, 0.1) is 28.8 Å². The molecule has 2 N–H and O–H groups in total. The normalized spacial score (nSPS) is 14.2. The van der Waals surface area contributed by atoms with Crippen LogP contribution < -0.4 is 9.80 Å². The van der Waals surface area contributed by atoms with Crippen LogP contribution in [0.2, 0.25) is 0 Å². The number of aliphatic hydroxyl groups is 2. The first-order chi connectivity index (χ1) is 66.7. The number of aromatic nitrogens is 8. The largest absolute Gasteiger partial charge is 2.00 e. The van der Waals surface area contributed by atoms with Crippen LogP contribution in [0.15, 0.2) is 382 Å². The molecule has 0 saturated carbocycles. The van der Waals surface area contributed by atoms with E-state index >= 15 is 0 Å². The van der Waals surface area contributed by atoms with Crippen LogP contribution in [0.4, 0.5) is 28.4 Å². The third-order valence-electron chi connectivity index (χ3n) is 25.8. The molecule has 18 aromatic rings. The van der Waals surface area contributed by atoms with Crippen LogP contribution in [0.5, 0.6) is 0 Å². The third kappa shape index (κ3) is 22.0. The molecule has 12 aromatic carbocycles. The molecule has 0 saturated heterocycles. The van der Waals surface area contributed by atoms with Gasteiger partial charge in [-0.1, -0.05) is 294 Å². The Labute approximate surface area is 886 Å². The number of benzene rings is 12. The van der Waals surface area contributed by atoms with Crippen LogP contribution in [0.3, 0.4) is 0 Å². The molecule has 2 aliphatic carbocycles. The summed E-state index contributed by atoms with van der Waals surface area (Å²) in [6.45, 7) is 26.2. The van der Waals surface area contributed by atoms with Crippen molar-refractivity contribution in [2.75, 3.05) is 9.80 Å². The van der Waals surface area contributed by atoms with E-state index in [9.17, 15) is 9.59 Å². The Morgan fingerprint density at radius 3 is 1.43 bits per heavy atom. The number of hydrogen-bond acceptors (Lipinski definition) is 14. The van der Waals surface area contributed by atoms with Crippen LogP contribution in [-0.2, 0) is 107 Å². The second kappa shape index (κ2) is 44.9. The first-order valence-corrected chi connectivity index (χ1v) is 46.3. The van der Waals surface area contributed by atoms with Gasteiger partial charge in [0.15, 0.2) is 23.2 Å². The molecule has 2 atom stereocenters. The first kappa shape index (κ1) is 104. The molecule has 3 radical (unpaired) electrons. The minimum atomic E-state index is -0.221. The molecule has 0 fully saturated rings. The monoisotopic (exact) mass is 2570 g/mol. The van der Waals surface area contributed by atoms with Gasteiger partial charge in [0.25, 0.3) is 0 Å². The molecular weight excluding hydrogens is 2470 g/mol. The van der Waals surface area contributed by atoms with Crippen molar-refractivity contribution in [1.82, 2.24) is 39.9 Å². The summed E-state index contributed by atoms with van der Waals surface area (Å²) in [7, 11) is 0. The van der Waals surface area contributed by atoms with Gasteiger partial charge in [0.1, 0.15) is 5.82 Å². The van der Waals surface area contributed by atoms with E-state index in [4.69, 9.17) is 30.1 Å². The number of pyridine rings is 5. The molecule has 14 nitrogen and oxygen atoms in total. The number of carbonyl (C=O) groups is 2. The van der Waals surface area contributed by atoms with E-state index < -0.39 is 0 Å². The number of rotatable bonds is 13. The second-order valence-corrected chi connectivity index (χ2v) is 36.8. The summed E-state index contributed by atoms with van der Waals surface area (Å²) in [6, 6.07) is 125. The van der Waals surface area contributed by atoms with Gasteiger partial charge in [0.2, 0.25) is 0 Å². The smallest absolute Gasteiger partial charge is 0.512 e. The third-order valence-corrected chi connectivity index (χ3v) is 25.8. The van der Waals surface area contributed by atoms with E-state index in [-0.39, 0.29) is 121 Å². The van der Waals surface area contributed by atoms with Gasteiger partial charge in [-0.2, -0.15) is 0 Å². The molecule has 5 aliphatic rings. The van der Waals surface area contributed by atoms with Crippen molar-refractivity contribution >= 4 is 61.7 Å². The van der Waals surface area contributed by atoms with Gasteiger partial charge in [-0.25, -0.2) is 15.0 Å². The van der Waals surface area contributed by atoms with Crippen molar-refractivity contribution < 1.29 is 101 Å². The molecule has 9 heterocycles. The van der Waals surface area contributed by atoms with Crippen LogP contribution in [0, 0.1) is 51.1 Å². The van der Waals surface area contributed by atoms with Gasteiger partial charge in [-0.15, -0.1) is 148 Å². The Hall–Kier alpha value is -13.9. The van der Waals surface area contributed by atoms with E-state index in [2.05, 4.69) is 317 Å². The number of aryl methyl sites for hydroxylation is 3. The first-order valence-electron chi connectivity index (χ1n) is 46.3. The van der Waals surface area contributed by atoms with Crippen molar-refractivity contribution in [2.24, 2.45) is 0 Å². The van der Waals surface area contributed by atoms with Crippen molar-refractivity contribution in [2.45, 2.75) is 118 Å². The van der Waals surface area contributed by atoms with Gasteiger partial charge in [-0.3, -0.25) is 19.6 Å². The molecule has 0 bridgehead atoms. The SMILES string of the molecule is CC(=O)C=C(C)O.CC(=O)C=C(C)O.CC1(C)C2=CC=CC3c4cccc5c4N(c4c1cc(N(c1[c-]c(-c6ccccn6)ccc1)c1[c-]c(-c6ccccn6)ccc1)cc4C5(C)C)C23.CC1(C)c2ccccc2-c2c[c-]c(-c3ccc4ccccc4n3)cc21.Cc1cc2ccccc2[c-]c1-c1ccccn1.Cc1ccc(-c2nc(-c3c[c-]c(-c4ccccn4)cc3)nc(-c3ccc(C)cc3)n2)cc1.[Ir].[Ir].[Ir].[Pt+2]. The number of allylic oxidation sites excluding steroid dienone is 6. The molecular formula is C124H103Ir3N10O4Pt-3. The maximum absolute atomic E-state index is 10.0. The predicted octanol–water partition coefficient (Wildman–Crippen LogP) is 29.3. The van der Waals surface area contributed by atoms with Gasteiger partial charge in [-0.05, 0) is 162 Å². The summed E-state index contributed by atoms with van der Waals surface area (Å²) in [5.74, 6) is 2.15. The summed E-state index contributed by atoms with van der Waals surface area (Å²) in [5, 5.41) is 20.3. The standard InChI is InChI=1S/C46H36N4.C28H21N4.C24H18N.C16H12N.2C5H8O2.3Ir.Pt/c1-45(2)36-19-11-17-34-35-18-12-20-37-43(35)50(42(34)36)44-38(45)27-33(28-39(44)46(37,3)4)49(31-15-9-13-29(25-31)40-21-5-7-23-47-40)32-16-10-14-30(26-32)41-22-6-8-24-48-41;1-19-6-10-22(11-7-19)26-30-27(23-12-8-20(2)9-13-23)32-28(31-26)24-16-14-21(15-17-24)25-5-3-4-18-29-25;1-24(2)20-9-5-4-8-18(20)19-13-11-17(15-21(19)24)23-14-12-16-7-3-6-10-22(16)25-23;1-12-10-13-6-2-3-7-14(13)11-15(12)16-8-4-5-9-17-16;2*1-4(6)3-5(2)7;;;;/h5-24,27-28,34,42H,1-4H3;3-14,16-18H,1-2H3;3-10,12-15H,1-2H3;2-10H,1H3;2*3,6H,1-2H3;;;;/q-2;3*-1;;;;;;+2. The summed E-state index contributed by atoms with van der Waals surface area (Å²) in [4.78, 5) is 62.4. The van der Waals surface area contributed by atoms with Gasteiger partial charge in [0, 0.05) is 142 Å². The molecule has 2 unspecified atom stereocenters. The van der Waals surface area contributed by atoms with Crippen LogP contribution >= 0.6 is 0 Å². The minimum absolute atomic E-state index is 0. The molecule has 713 valence electrons. The summed E-state index contributed by atoms with van der Waals surface area (Å²) < 4.78 is 0. The van der Waals surface area contributed by atoms with Gasteiger partial charge >= 0.3 is 21.1 Å². The molecule has 18 heteroatoms. The van der Waals surface area contributed by atoms with Crippen LogP contribution in [0.1, 0.15) is 125 Å². The van der Waals surface area contributed by atoms with Gasteiger partial charge < -0.3 is 35.0 Å². The maximum atomic E-state index is 10.0. The summed E-state index contributed by atoms with van der Waals surface area (Å²) >= 11 is 0. The molecule has 3 aliphatic heterocycles. The number of fused-ring (bicyclic) bond motifs is 6. The average molecular weight is 2570 g/mol. The fourth-order valence-corrected chi connectivity index (χ4v) is 19.1. The topological polar surface area (TPSA) is 184 Å². The van der Waals surface area contributed by atoms with Crippen molar-refractivity contribution in [3.63, 3.8) is 0 Å². The van der Waals surface area contributed by atoms with Crippen molar-refractivity contribution in [1.29, 1.82) is 0 Å². The second-order valence-electron chi connectivity index (χ2n) is 36.8. The number of ketones is 2. The Morgan fingerprint density at radius 2 is 0.887 bits per heavy atom. The predicted molar refractivity (Wildman–Crippen MR) is 559 cm³/mol. The van der Waals surface area contributed by atoms with Crippen molar-refractivity contribution in [3.8, 4) is 102 Å². The number of hydrogen-bond donors (Lipinski definition) is 2. The van der Waals surface area contributed by atoms with Crippen molar-refractivity contribution in [3.05, 3.63) is 462 Å². The van der Waals surface area contributed by atoms with Crippen LogP contribution in [-0.4, -0.2) is 67.7 Å². The van der Waals surface area contributed by atoms with E-state index in [0.717, 1.165) is 101 Å². The zero-order chi connectivity index (χ0) is 96.1. The fraction of sp³-hybridized carbons (Fsp3) is 0.145. The quantitative estimate of drug-likeness (QED) is 0.0631. The number of nitrogens with zero attached hydrogens (tertiary/aromatic N) is 10. The molecule has 23 rings (SSSR count). The molecule has 0 spiro atoms. The van der Waals surface area contributed by atoms with E-state index in [0.29, 0.717) is 29.4 Å². The molecule has 0 amide bonds. The average Bonchev–Trinajstić information content (AvgIpc) is 1.52. The Balaban J connectivity index is 0.000000151. The molecule has 6 aromatic heterocycles. The zero-order valence-electron chi connectivity index (χ0n) is 80.8. The number of aliphatic hydroxyl groups excluding tert-OH is 2. The van der Waals surface area contributed by atoms with E-state index in [1.807, 2.05) is 152 Å². The Kier molecular flexibility index (Phi) is 32.9. The number of carbonyl (C=O) groups excluding carboxylic acids is 2. The zero-order valence-corrected chi connectivity index (χ0v) is 90.3. The maximum Gasteiger partial charge on any atom is 2.00 e.